The molecule has 0 aromatic heterocycles. The summed E-state index contributed by atoms with van der Waals surface area (Å²) in [6, 6.07) is 18.6. The first kappa shape index (κ1) is 12.0. The second-order valence-corrected chi connectivity index (χ2v) is 3.88. The second-order valence-electron chi connectivity index (χ2n) is 3.88. The maximum absolute atomic E-state index is 7.09. The number of anilines is 2. The monoisotopic (exact) mass is 239 g/mol. The van der Waals surface area contributed by atoms with Gasteiger partial charge in [0.1, 0.15) is 0 Å². The number of benzene rings is 2. The average molecular weight is 239 g/mol. The Morgan fingerprint density at radius 3 is 2.28 bits per heavy atom. The van der Waals surface area contributed by atoms with Gasteiger partial charge in [0.05, 0.1) is 0 Å². The Morgan fingerprint density at radius 1 is 1.06 bits per heavy atom. The topological polar surface area (TPSA) is 73.9 Å². The molecule has 5 N–H and O–H groups in total. The fourth-order valence-electron chi connectivity index (χ4n) is 1.54. The van der Waals surface area contributed by atoms with Gasteiger partial charge >= 0.3 is 0 Å². The molecule has 0 saturated heterocycles. The SMILES string of the molecule is N=C(N)NCc1ccc(Nc2cc[c]cc2)cc1. The minimum Gasteiger partial charge on any atom is -0.370 e. The molecule has 4 heteroatoms. The minimum atomic E-state index is -0.0160. The Morgan fingerprint density at radius 2 is 1.67 bits per heavy atom. The van der Waals surface area contributed by atoms with Crippen molar-refractivity contribution in [2.45, 2.75) is 6.54 Å². The van der Waals surface area contributed by atoms with Gasteiger partial charge in [-0.3, -0.25) is 5.41 Å². The van der Waals surface area contributed by atoms with Crippen LogP contribution in [-0.2, 0) is 6.54 Å². The molecule has 0 saturated carbocycles. The first-order valence-electron chi connectivity index (χ1n) is 5.64. The quantitative estimate of drug-likeness (QED) is 0.488. The molecule has 0 heterocycles. The van der Waals surface area contributed by atoms with Crippen molar-refractivity contribution in [3.63, 3.8) is 0 Å². The van der Waals surface area contributed by atoms with Gasteiger partial charge in [0.2, 0.25) is 0 Å². The molecule has 0 aliphatic carbocycles. The molecule has 0 unspecified atom stereocenters. The predicted octanol–water partition coefficient (Wildman–Crippen LogP) is 2.21. The molecule has 2 rings (SSSR count). The lowest BCUT2D eigenvalue weighted by molar-refractivity contribution is 0.897. The second kappa shape index (κ2) is 5.72. The van der Waals surface area contributed by atoms with Gasteiger partial charge < -0.3 is 16.4 Å². The number of hydrogen-bond donors (Lipinski definition) is 4. The standard InChI is InChI=1S/C14H15N4/c15-14(16)17-10-11-6-8-13(9-7-11)18-12-4-2-1-3-5-12/h2-9,18H,10H2,(H4,15,16,17). The molecule has 2 aromatic carbocycles. The van der Waals surface area contributed by atoms with Crippen molar-refractivity contribution in [2.75, 3.05) is 5.32 Å². The summed E-state index contributed by atoms with van der Waals surface area (Å²) in [5, 5.41) is 13.1. The number of guanidine groups is 1. The summed E-state index contributed by atoms with van der Waals surface area (Å²) in [7, 11) is 0. The normalized spacial score (nSPS) is 9.78. The van der Waals surface area contributed by atoms with Gasteiger partial charge in [0.25, 0.3) is 0 Å². The van der Waals surface area contributed by atoms with Crippen molar-refractivity contribution < 1.29 is 0 Å². The lowest BCUT2D eigenvalue weighted by Crippen LogP contribution is -2.29. The Kier molecular flexibility index (Phi) is 3.81. The van der Waals surface area contributed by atoms with Crippen LogP contribution >= 0.6 is 0 Å². The van der Waals surface area contributed by atoms with Gasteiger partial charge in [-0.05, 0) is 35.9 Å². The van der Waals surface area contributed by atoms with E-state index in [0.29, 0.717) is 6.54 Å². The van der Waals surface area contributed by atoms with Crippen molar-refractivity contribution in [1.29, 1.82) is 5.41 Å². The molecule has 0 aliphatic heterocycles. The van der Waals surface area contributed by atoms with E-state index < -0.39 is 0 Å². The van der Waals surface area contributed by atoms with Crippen LogP contribution in [0, 0.1) is 11.5 Å². The summed E-state index contributed by atoms with van der Waals surface area (Å²) in [6.45, 7) is 0.565. The van der Waals surface area contributed by atoms with Gasteiger partial charge in [-0.25, -0.2) is 0 Å². The van der Waals surface area contributed by atoms with Crippen LogP contribution in [0.3, 0.4) is 0 Å². The molecule has 0 bridgehead atoms. The molecular formula is C14H15N4. The molecule has 0 atom stereocenters. The van der Waals surface area contributed by atoms with E-state index in [9.17, 15) is 0 Å². The van der Waals surface area contributed by atoms with E-state index in [1.807, 2.05) is 48.5 Å². The molecule has 18 heavy (non-hydrogen) atoms. The third-order valence-corrected chi connectivity index (χ3v) is 2.44. The zero-order valence-corrected chi connectivity index (χ0v) is 9.90. The van der Waals surface area contributed by atoms with E-state index in [-0.39, 0.29) is 5.96 Å². The summed E-state index contributed by atoms with van der Waals surface area (Å²) in [6.07, 6.45) is 0. The molecule has 2 aromatic rings. The third-order valence-electron chi connectivity index (χ3n) is 2.44. The Labute approximate surface area is 106 Å². The van der Waals surface area contributed by atoms with Crippen molar-refractivity contribution in [3.05, 3.63) is 60.2 Å². The van der Waals surface area contributed by atoms with Crippen LogP contribution in [0.4, 0.5) is 11.4 Å². The summed E-state index contributed by atoms with van der Waals surface area (Å²) in [4.78, 5) is 0. The Hall–Kier alpha value is -2.49. The Bertz CT molecular complexity index is 505. The van der Waals surface area contributed by atoms with E-state index in [2.05, 4.69) is 16.7 Å². The molecule has 91 valence electrons. The van der Waals surface area contributed by atoms with E-state index in [1.165, 1.54) is 0 Å². The van der Waals surface area contributed by atoms with E-state index >= 15 is 0 Å². The highest BCUT2D eigenvalue weighted by Gasteiger charge is 1.96. The van der Waals surface area contributed by atoms with E-state index in [0.717, 1.165) is 16.9 Å². The van der Waals surface area contributed by atoms with Gasteiger partial charge in [-0.2, -0.15) is 0 Å². The highest BCUT2D eigenvalue weighted by molar-refractivity contribution is 5.74. The molecule has 4 nitrogen and oxygen atoms in total. The van der Waals surface area contributed by atoms with Gasteiger partial charge in [-0.15, -0.1) is 0 Å². The molecular weight excluding hydrogens is 224 g/mol. The lowest BCUT2D eigenvalue weighted by Gasteiger charge is -2.08. The van der Waals surface area contributed by atoms with Crippen LogP contribution in [0.25, 0.3) is 0 Å². The van der Waals surface area contributed by atoms with Crippen molar-refractivity contribution >= 4 is 17.3 Å². The Balaban J connectivity index is 1.97. The minimum absolute atomic E-state index is 0.0160. The van der Waals surface area contributed by atoms with Crippen molar-refractivity contribution in [2.24, 2.45) is 5.73 Å². The predicted molar refractivity (Wildman–Crippen MR) is 73.8 cm³/mol. The zero-order chi connectivity index (χ0) is 12.8. The van der Waals surface area contributed by atoms with Crippen molar-refractivity contribution in [3.8, 4) is 0 Å². The summed E-state index contributed by atoms with van der Waals surface area (Å²) >= 11 is 0. The summed E-state index contributed by atoms with van der Waals surface area (Å²) < 4.78 is 0. The molecule has 0 fully saturated rings. The fraction of sp³-hybridized carbons (Fsp3) is 0.0714. The third kappa shape index (κ3) is 3.52. The molecule has 0 amide bonds. The molecule has 1 radical (unpaired) electrons. The van der Waals surface area contributed by atoms with Gasteiger partial charge in [-0.1, -0.05) is 24.3 Å². The van der Waals surface area contributed by atoms with Crippen LogP contribution in [0.2, 0.25) is 0 Å². The van der Waals surface area contributed by atoms with Crippen molar-refractivity contribution in [1.82, 2.24) is 5.32 Å². The largest absolute Gasteiger partial charge is 0.370 e. The van der Waals surface area contributed by atoms with Crippen LogP contribution < -0.4 is 16.4 Å². The lowest BCUT2D eigenvalue weighted by atomic mass is 10.2. The number of nitrogens with one attached hydrogen (secondary N) is 3. The average Bonchev–Trinajstić information content (AvgIpc) is 2.39. The number of hydrogen-bond acceptors (Lipinski definition) is 2. The van der Waals surface area contributed by atoms with Gasteiger partial charge in [0.15, 0.2) is 5.96 Å². The highest BCUT2D eigenvalue weighted by Crippen LogP contribution is 2.16. The number of nitrogens with two attached hydrogens (primary N) is 1. The van der Waals surface area contributed by atoms with E-state index in [1.54, 1.807) is 0 Å². The summed E-state index contributed by atoms with van der Waals surface area (Å²) in [5.41, 5.74) is 8.36. The first-order chi connectivity index (χ1) is 8.74. The van der Waals surface area contributed by atoms with Crippen LogP contribution in [-0.4, -0.2) is 5.96 Å². The molecule has 0 spiro atoms. The van der Waals surface area contributed by atoms with Crippen LogP contribution in [0.1, 0.15) is 5.56 Å². The van der Waals surface area contributed by atoms with Crippen LogP contribution in [0.5, 0.6) is 0 Å². The zero-order valence-electron chi connectivity index (χ0n) is 9.90. The first-order valence-corrected chi connectivity index (χ1v) is 5.64. The summed E-state index contributed by atoms with van der Waals surface area (Å²) in [5.74, 6) is -0.0160. The van der Waals surface area contributed by atoms with Crippen LogP contribution in [0.15, 0.2) is 48.5 Å². The molecule has 0 aliphatic rings. The fourth-order valence-corrected chi connectivity index (χ4v) is 1.54. The van der Waals surface area contributed by atoms with Gasteiger partial charge in [0, 0.05) is 17.9 Å². The number of rotatable bonds is 4. The maximum Gasteiger partial charge on any atom is 0.185 e. The highest BCUT2D eigenvalue weighted by atomic mass is 15.0. The maximum atomic E-state index is 7.09. The van der Waals surface area contributed by atoms with E-state index in [4.69, 9.17) is 11.1 Å². The smallest absolute Gasteiger partial charge is 0.185 e.